The number of nitrogens with zero attached hydrogens (tertiary/aromatic N) is 2. The zero-order valence-electron chi connectivity index (χ0n) is 33.3. The van der Waals surface area contributed by atoms with Crippen molar-refractivity contribution in [3.05, 3.63) is 47.2 Å². The van der Waals surface area contributed by atoms with E-state index in [1.54, 1.807) is 34.6 Å². The van der Waals surface area contributed by atoms with Crippen molar-refractivity contribution in [1.82, 2.24) is 19.9 Å². The van der Waals surface area contributed by atoms with Gasteiger partial charge in [0.1, 0.15) is 34.7 Å². The molecular weight excluding hydrogens is 740 g/mol. The van der Waals surface area contributed by atoms with E-state index in [0.29, 0.717) is 54.3 Å². The van der Waals surface area contributed by atoms with Crippen molar-refractivity contribution < 1.29 is 41.5 Å². The van der Waals surface area contributed by atoms with E-state index in [0.717, 1.165) is 24.8 Å². The Morgan fingerprint density at radius 3 is 2.57 bits per heavy atom. The highest BCUT2D eigenvalue weighted by Crippen LogP contribution is 2.52. The van der Waals surface area contributed by atoms with Gasteiger partial charge in [0.25, 0.3) is 5.91 Å². The SMILES string of the molecule is CCc1ccc2nc(C)c3c(c2c1)C(F)C[C@]1(C[C@H]2C(=O)N[C@]4(C(=O)NS(=O)(=O)C5(C)CC5)C[C@H]4/C=C\CCCCC[C@H](CC(=O)OC(C)(C)C)C(=O)N2C1)O3. The van der Waals surface area contributed by atoms with Crippen LogP contribution in [-0.4, -0.2) is 76.1 Å². The molecular formula is C42H55FN4O8S. The summed E-state index contributed by atoms with van der Waals surface area (Å²) in [6, 6.07) is 4.56. The first-order valence-corrected chi connectivity index (χ1v) is 21.6. The number of sulfonamides is 1. The summed E-state index contributed by atoms with van der Waals surface area (Å²) in [6.45, 7) is 10.5. The van der Waals surface area contributed by atoms with E-state index >= 15 is 4.39 Å². The Hall–Kier alpha value is -4.07. The van der Waals surface area contributed by atoms with Gasteiger partial charge >= 0.3 is 5.97 Å². The second-order valence-electron chi connectivity index (χ2n) is 18.0. The first kappa shape index (κ1) is 40.1. The third kappa shape index (κ3) is 7.66. The van der Waals surface area contributed by atoms with Gasteiger partial charge in [-0.05, 0) is 97.3 Å². The van der Waals surface area contributed by atoms with E-state index in [1.807, 2.05) is 37.3 Å². The monoisotopic (exact) mass is 794 g/mol. The maximum Gasteiger partial charge on any atom is 0.307 e. The fraction of sp³-hybridized carbons (Fsp3) is 0.643. The molecule has 2 aromatic rings. The number of esters is 1. The van der Waals surface area contributed by atoms with Gasteiger partial charge in [-0.1, -0.05) is 38.0 Å². The first-order valence-electron chi connectivity index (χ1n) is 20.1. The number of rotatable bonds is 6. The van der Waals surface area contributed by atoms with E-state index in [2.05, 4.69) is 10.0 Å². The number of fused-ring (bicyclic) bond motifs is 5. The van der Waals surface area contributed by atoms with Crippen LogP contribution in [0.3, 0.4) is 0 Å². The lowest BCUT2D eigenvalue weighted by molar-refractivity contribution is -0.159. The van der Waals surface area contributed by atoms with Gasteiger partial charge in [0.2, 0.25) is 21.8 Å². The molecule has 1 aromatic heterocycles. The molecule has 0 radical (unpaired) electrons. The topological polar surface area (TPSA) is 161 Å². The van der Waals surface area contributed by atoms with Crippen LogP contribution in [0, 0.1) is 18.8 Å². The summed E-state index contributed by atoms with van der Waals surface area (Å²) < 4.78 is 56.9. The highest BCUT2D eigenvalue weighted by Gasteiger charge is 2.64. The number of pyridine rings is 1. The highest BCUT2D eigenvalue weighted by atomic mass is 32.2. The minimum absolute atomic E-state index is 0.0926. The molecule has 7 rings (SSSR count). The molecule has 56 heavy (non-hydrogen) atoms. The van der Waals surface area contributed by atoms with Crippen LogP contribution < -0.4 is 14.8 Å². The van der Waals surface area contributed by atoms with Crippen LogP contribution in [-0.2, 0) is 40.4 Å². The molecule has 6 atom stereocenters. The normalized spacial score (nSPS) is 30.8. The fourth-order valence-corrected chi connectivity index (χ4v) is 10.0. The predicted molar refractivity (Wildman–Crippen MR) is 208 cm³/mol. The lowest BCUT2D eigenvalue weighted by Crippen LogP contribution is -2.57. The van der Waals surface area contributed by atoms with Crippen molar-refractivity contribution in [1.29, 1.82) is 0 Å². The molecule has 4 heterocycles. The Morgan fingerprint density at radius 1 is 1.12 bits per heavy atom. The van der Waals surface area contributed by atoms with Crippen molar-refractivity contribution in [2.24, 2.45) is 11.8 Å². The zero-order valence-corrected chi connectivity index (χ0v) is 34.2. The number of aryl methyl sites for hydroxylation is 2. The van der Waals surface area contributed by atoms with E-state index in [-0.39, 0.29) is 38.0 Å². The summed E-state index contributed by atoms with van der Waals surface area (Å²) in [5, 5.41) is 3.55. The number of amides is 3. The zero-order chi connectivity index (χ0) is 40.4. The molecule has 1 unspecified atom stereocenters. The van der Waals surface area contributed by atoms with Crippen LogP contribution >= 0.6 is 0 Å². The summed E-state index contributed by atoms with van der Waals surface area (Å²) in [4.78, 5) is 62.8. The van der Waals surface area contributed by atoms with Crippen molar-refractivity contribution in [3.8, 4) is 5.75 Å². The fourth-order valence-electron chi connectivity index (χ4n) is 8.71. The summed E-state index contributed by atoms with van der Waals surface area (Å²) in [5.41, 5.74) is -1.13. The number of ether oxygens (including phenoxy) is 2. The van der Waals surface area contributed by atoms with E-state index in [1.165, 1.54) is 4.90 Å². The van der Waals surface area contributed by atoms with Crippen LogP contribution in [0.15, 0.2) is 30.4 Å². The molecule has 1 spiro atoms. The second-order valence-corrected chi connectivity index (χ2v) is 20.2. The predicted octanol–water partition coefficient (Wildman–Crippen LogP) is 5.98. The van der Waals surface area contributed by atoms with E-state index in [9.17, 15) is 27.6 Å². The van der Waals surface area contributed by atoms with E-state index in [4.69, 9.17) is 14.5 Å². The number of benzene rings is 1. The first-order chi connectivity index (χ1) is 26.3. The van der Waals surface area contributed by atoms with Crippen LogP contribution in [0.25, 0.3) is 10.9 Å². The number of hydrogen-bond donors (Lipinski definition) is 2. The van der Waals surface area contributed by atoms with Gasteiger partial charge in [-0.2, -0.15) is 0 Å². The van der Waals surface area contributed by atoms with Gasteiger partial charge in [-0.25, -0.2) is 17.8 Å². The summed E-state index contributed by atoms with van der Waals surface area (Å²) in [6.07, 6.45) is 6.88. The number of nitrogens with one attached hydrogen (secondary N) is 2. The minimum Gasteiger partial charge on any atom is -0.483 e. The van der Waals surface area contributed by atoms with E-state index < -0.39 is 79.3 Å². The van der Waals surface area contributed by atoms with Crippen molar-refractivity contribution in [3.63, 3.8) is 0 Å². The minimum atomic E-state index is -4.02. The number of aromatic nitrogens is 1. The van der Waals surface area contributed by atoms with Crippen molar-refractivity contribution in [2.45, 2.75) is 152 Å². The Kier molecular flexibility index (Phi) is 10.3. The molecule has 1 saturated heterocycles. The van der Waals surface area contributed by atoms with Crippen LogP contribution in [0.1, 0.15) is 128 Å². The molecule has 0 bridgehead atoms. The summed E-state index contributed by atoms with van der Waals surface area (Å²) in [5.74, 6) is -3.51. The Labute approximate surface area is 328 Å². The smallest absolute Gasteiger partial charge is 0.307 e. The average molecular weight is 795 g/mol. The van der Waals surface area contributed by atoms with Crippen molar-refractivity contribution >= 4 is 44.6 Å². The maximum absolute atomic E-state index is 16.8. The number of hydrogen-bond acceptors (Lipinski definition) is 9. The standard InChI is InChI=1S/C42H55FN4O8S/c1-7-26-15-16-31-29(19-26)34-30(43)22-41(55-35(34)25(2)44-31)23-32-36(49)45-42(38(51)46-56(52,53)40(6)17-18-40)21-28(42)14-12-10-8-9-11-13-27(37(50)47(32)24-41)20-33(48)54-39(3,4)5/h12,14-16,19,27-28,30,32H,7-11,13,17-18,20-24H2,1-6H3,(H,45,49)(H,46,51)/b14-12-/t27-,28-,30?,32+,41-,42-/m1/s1. The second kappa shape index (κ2) is 14.4. The Balaban J connectivity index is 1.26. The van der Waals surface area contributed by atoms with Gasteiger partial charge in [0, 0.05) is 35.6 Å². The molecule has 3 amide bonds. The molecule has 2 aliphatic carbocycles. The number of allylic oxidation sites excluding steroid dienone is 1. The third-order valence-electron chi connectivity index (χ3n) is 12.4. The summed E-state index contributed by atoms with van der Waals surface area (Å²) in [7, 11) is -4.02. The third-order valence-corrected chi connectivity index (χ3v) is 14.5. The van der Waals surface area contributed by atoms with Crippen LogP contribution in [0.5, 0.6) is 5.75 Å². The summed E-state index contributed by atoms with van der Waals surface area (Å²) >= 11 is 0. The van der Waals surface area contributed by atoms with Crippen LogP contribution in [0.4, 0.5) is 4.39 Å². The molecule has 12 nitrogen and oxygen atoms in total. The molecule has 3 aliphatic heterocycles. The van der Waals surface area contributed by atoms with Crippen molar-refractivity contribution in [2.75, 3.05) is 6.54 Å². The van der Waals surface area contributed by atoms with Gasteiger partial charge < -0.3 is 19.7 Å². The Morgan fingerprint density at radius 2 is 1.88 bits per heavy atom. The number of halogens is 1. The highest BCUT2D eigenvalue weighted by molar-refractivity contribution is 7.91. The molecule has 3 fully saturated rings. The largest absolute Gasteiger partial charge is 0.483 e. The maximum atomic E-state index is 16.8. The molecule has 2 N–H and O–H groups in total. The van der Waals surface area contributed by atoms with Gasteiger partial charge in [-0.15, -0.1) is 0 Å². The van der Waals surface area contributed by atoms with Gasteiger partial charge in [0.15, 0.2) is 0 Å². The number of carbonyl (C=O) groups is 4. The Bertz CT molecular complexity index is 2090. The van der Waals surface area contributed by atoms with Crippen LogP contribution in [0.2, 0.25) is 0 Å². The molecule has 2 saturated carbocycles. The number of carbonyl (C=O) groups excluding carboxylic acids is 4. The molecule has 304 valence electrons. The molecule has 5 aliphatic rings. The molecule has 1 aromatic carbocycles. The molecule has 14 heteroatoms. The number of alkyl halides is 1. The quantitative estimate of drug-likeness (QED) is 0.265. The average Bonchev–Trinajstić information content (AvgIpc) is 4.01. The van der Waals surface area contributed by atoms with Gasteiger partial charge in [-0.3, -0.25) is 23.9 Å². The lowest BCUT2D eigenvalue weighted by atomic mass is 9.85. The lowest BCUT2D eigenvalue weighted by Gasteiger charge is -2.38. The van der Waals surface area contributed by atoms with Gasteiger partial charge in [0.05, 0.1) is 28.9 Å².